The Balaban J connectivity index is 1.25. The molecule has 0 radical (unpaired) electrons. The van der Waals surface area contributed by atoms with Crippen molar-refractivity contribution in [3.63, 3.8) is 0 Å². The van der Waals surface area contributed by atoms with Gasteiger partial charge in [0.05, 0.1) is 23.1 Å². The van der Waals surface area contributed by atoms with Crippen LogP contribution in [0.5, 0.6) is 0 Å². The monoisotopic (exact) mass is 477 g/mol. The summed E-state index contributed by atoms with van der Waals surface area (Å²) in [5.74, 6) is -1.92. The van der Waals surface area contributed by atoms with Crippen LogP contribution in [0.4, 0.5) is 5.69 Å². The Labute approximate surface area is 210 Å². The molecule has 1 saturated carbocycles. The quantitative estimate of drug-likeness (QED) is 0.365. The van der Waals surface area contributed by atoms with Crippen molar-refractivity contribution in [1.82, 2.24) is 0 Å². The molecule has 3 aromatic carbocycles. The van der Waals surface area contributed by atoms with Gasteiger partial charge in [-0.25, -0.2) is 9.69 Å². The Morgan fingerprint density at radius 2 is 1.22 bits per heavy atom. The summed E-state index contributed by atoms with van der Waals surface area (Å²) in [6, 6.07) is 23.2. The highest BCUT2D eigenvalue weighted by Gasteiger charge is 2.61. The molecule has 0 spiro atoms. The maximum Gasteiger partial charge on any atom is 0.338 e. The average molecular weight is 478 g/mol. The number of ether oxygens (including phenoxy) is 1. The van der Waals surface area contributed by atoms with Crippen molar-refractivity contribution in [3.8, 4) is 0 Å². The van der Waals surface area contributed by atoms with Crippen LogP contribution in [0, 0.1) is 11.8 Å². The fourth-order valence-corrected chi connectivity index (χ4v) is 7.11. The summed E-state index contributed by atoms with van der Waals surface area (Å²) in [5, 5.41) is 0. The van der Waals surface area contributed by atoms with Crippen LogP contribution in [0.2, 0.25) is 0 Å². The number of benzene rings is 3. The molecule has 1 saturated heterocycles. The summed E-state index contributed by atoms with van der Waals surface area (Å²) in [7, 11) is 0. The SMILES string of the molecule is O=C(OC1CCCCC1)c1cccc(N2C(=O)[C@@H]3C4c5ccccc5C(c5ccccc54)[C@H]3C2=O)c1. The second-order valence-electron chi connectivity index (χ2n) is 10.5. The summed E-state index contributed by atoms with van der Waals surface area (Å²) >= 11 is 0. The van der Waals surface area contributed by atoms with Gasteiger partial charge in [0.15, 0.2) is 0 Å². The fourth-order valence-electron chi connectivity index (χ4n) is 7.11. The molecule has 5 nitrogen and oxygen atoms in total. The number of hydrogen-bond donors (Lipinski definition) is 0. The molecule has 3 aromatic rings. The van der Waals surface area contributed by atoms with E-state index in [1.807, 2.05) is 24.3 Å². The minimum atomic E-state index is -0.440. The molecule has 1 aliphatic heterocycles. The van der Waals surface area contributed by atoms with E-state index in [1.54, 1.807) is 24.3 Å². The Hall–Kier alpha value is -3.73. The minimum absolute atomic E-state index is 0.0551. The first kappa shape index (κ1) is 21.5. The first-order valence-electron chi connectivity index (χ1n) is 13.0. The number of imide groups is 1. The van der Waals surface area contributed by atoms with E-state index in [4.69, 9.17) is 4.74 Å². The van der Waals surface area contributed by atoms with Crippen LogP contribution in [0.15, 0.2) is 72.8 Å². The smallest absolute Gasteiger partial charge is 0.338 e. The minimum Gasteiger partial charge on any atom is -0.459 e. The van der Waals surface area contributed by atoms with E-state index in [0.29, 0.717) is 11.3 Å². The Kier molecular flexibility index (Phi) is 4.88. The van der Waals surface area contributed by atoms with Gasteiger partial charge >= 0.3 is 5.97 Å². The van der Waals surface area contributed by atoms with Crippen molar-refractivity contribution in [2.24, 2.45) is 11.8 Å². The summed E-state index contributed by atoms with van der Waals surface area (Å²) in [4.78, 5) is 42.1. The Bertz CT molecular complexity index is 1290. The van der Waals surface area contributed by atoms with Gasteiger partial charge in [-0.15, -0.1) is 0 Å². The van der Waals surface area contributed by atoms with Crippen molar-refractivity contribution >= 4 is 23.5 Å². The second kappa shape index (κ2) is 8.16. The third kappa shape index (κ3) is 3.05. The van der Waals surface area contributed by atoms with E-state index in [9.17, 15) is 14.4 Å². The van der Waals surface area contributed by atoms with Crippen molar-refractivity contribution in [2.75, 3.05) is 4.90 Å². The maximum atomic E-state index is 13.9. The van der Waals surface area contributed by atoms with Crippen molar-refractivity contribution < 1.29 is 19.1 Å². The first-order valence-corrected chi connectivity index (χ1v) is 13.0. The van der Waals surface area contributed by atoms with Gasteiger partial charge in [-0.2, -0.15) is 0 Å². The molecule has 8 rings (SSSR count). The van der Waals surface area contributed by atoms with E-state index >= 15 is 0 Å². The molecule has 2 atom stereocenters. The third-order valence-electron chi connectivity index (χ3n) is 8.61. The maximum absolute atomic E-state index is 13.9. The Morgan fingerprint density at radius 3 is 1.75 bits per heavy atom. The van der Waals surface area contributed by atoms with E-state index in [0.717, 1.165) is 47.9 Å². The average Bonchev–Trinajstić information content (AvgIpc) is 3.19. The number of hydrogen-bond acceptors (Lipinski definition) is 4. The number of anilines is 1. The van der Waals surface area contributed by atoms with Crippen molar-refractivity contribution in [1.29, 1.82) is 0 Å². The molecule has 36 heavy (non-hydrogen) atoms. The number of amides is 2. The summed E-state index contributed by atoms with van der Waals surface area (Å²) in [6.45, 7) is 0. The van der Waals surface area contributed by atoms with Gasteiger partial charge in [-0.1, -0.05) is 61.0 Å². The van der Waals surface area contributed by atoms with Crippen LogP contribution in [-0.2, 0) is 14.3 Å². The summed E-state index contributed by atoms with van der Waals surface area (Å²) < 4.78 is 5.74. The summed E-state index contributed by atoms with van der Waals surface area (Å²) in [6.07, 6.45) is 5.06. The van der Waals surface area contributed by atoms with E-state index in [1.165, 1.54) is 11.3 Å². The lowest BCUT2D eigenvalue weighted by Crippen LogP contribution is -2.41. The van der Waals surface area contributed by atoms with Crippen LogP contribution >= 0.6 is 0 Å². The first-order chi connectivity index (χ1) is 17.6. The predicted octanol–water partition coefficient (Wildman–Crippen LogP) is 5.57. The zero-order valence-corrected chi connectivity index (χ0v) is 19.9. The molecule has 5 heteroatoms. The molecule has 0 N–H and O–H groups in total. The largest absolute Gasteiger partial charge is 0.459 e. The predicted molar refractivity (Wildman–Crippen MR) is 135 cm³/mol. The highest BCUT2D eigenvalue weighted by molar-refractivity contribution is 6.23. The van der Waals surface area contributed by atoms with Gasteiger partial charge in [0, 0.05) is 11.8 Å². The number of carbonyl (C=O) groups is 3. The molecule has 2 amide bonds. The van der Waals surface area contributed by atoms with Gasteiger partial charge in [0.25, 0.3) is 0 Å². The lowest BCUT2D eigenvalue weighted by molar-refractivity contribution is -0.122. The molecular weight excluding hydrogens is 450 g/mol. The number of carbonyl (C=O) groups excluding carboxylic acids is 3. The number of esters is 1. The number of nitrogens with zero attached hydrogens (tertiary/aromatic N) is 1. The molecule has 2 fully saturated rings. The summed E-state index contributed by atoms with van der Waals surface area (Å²) in [5.41, 5.74) is 5.42. The van der Waals surface area contributed by atoms with Crippen LogP contribution in [0.25, 0.3) is 0 Å². The number of rotatable bonds is 3. The third-order valence-corrected chi connectivity index (χ3v) is 8.61. The van der Waals surface area contributed by atoms with Gasteiger partial charge in [-0.3, -0.25) is 9.59 Å². The molecule has 0 unspecified atom stereocenters. The highest BCUT2D eigenvalue weighted by atomic mass is 16.5. The topological polar surface area (TPSA) is 63.7 Å². The van der Waals surface area contributed by atoms with Gasteiger partial charge in [-0.05, 0) is 66.1 Å². The van der Waals surface area contributed by atoms with Crippen LogP contribution in [-0.4, -0.2) is 23.9 Å². The molecule has 180 valence electrons. The standard InChI is InChI=1S/C31H27NO4/c33-29-27-25-21-13-4-5-14-22(21)26(24-16-7-6-15-23(24)25)28(27)30(34)32(29)19-10-8-9-18(17-19)31(35)36-20-11-2-1-3-12-20/h4-10,13-17,20,25-28H,1-3,11-12H2/t25?,26?,27-,28-/m1/s1. The van der Waals surface area contributed by atoms with Crippen LogP contribution < -0.4 is 4.90 Å². The van der Waals surface area contributed by atoms with Crippen LogP contribution in [0.1, 0.15) is 76.6 Å². The van der Waals surface area contributed by atoms with E-state index in [2.05, 4.69) is 24.3 Å². The fraction of sp³-hybridized carbons (Fsp3) is 0.323. The zero-order valence-electron chi connectivity index (χ0n) is 19.9. The molecule has 2 bridgehead atoms. The van der Waals surface area contributed by atoms with E-state index < -0.39 is 11.8 Å². The highest BCUT2D eigenvalue weighted by Crippen LogP contribution is 2.61. The second-order valence-corrected chi connectivity index (χ2v) is 10.5. The zero-order chi connectivity index (χ0) is 24.4. The van der Waals surface area contributed by atoms with Crippen LogP contribution in [0.3, 0.4) is 0 Å². The lowest BCUT2D eigenvalue weighted by atomic mass is 9.55. The molecule has 5 aliphatic rings. The van der Waals surface area contributed by atoms with Gasteiger partial charge in [0.1, 0.15) is 6.10 Å². The molecule has 4 aliphatic carbocycles. The van der Waals surface area contributed by atoms with E-state index in [-0.39, 0.29) is 35.7 Å². The van der Waals surface area contributed by atoms with Gasteiger partial charge in [0.2, 0.25) is 11.8 Å². The lowest BCUT2D eigenvalue weighted by Gasteiger charge is -2.45. The molecule has 0 aromatic heterocycles. The molecular formula is C31H27NO4. The molecule has 1 heterocycles. The van der Waals surface area contributed by atoms with Crippen molar-refractivity contribution in [3.05, 3.63) is 101 Å². The Morgan fingerprint density at radius 1 is 0.694 bits per heavy atom. The van der Waals surface area contributed by atoms with Crippen molar-refractivity contribution in [2.45, 2.75) is 50.0 Å². The normalized spacial score (nSPS) is 26.4. The van der Waals surface area contributed by atoms with Gasteiger partial charge < -0.3 is 4.74 Å².